The fourth-order valence-corrected chi connectivity index (χ4v) is 2.30. The van der Waals surface area contributed by atoms with Crippen LogP contribution in [0, 0.1) is 0 Å². The molecule has 1 N–H and O–H groups in total. The summed E-state index contributed by atoms with van der Waals surface area (Å²) in [6, 6.07) is 4.88. The Labute approximate surface area is 111 Å². The van der Waals surface area contributed by atoms with E-state index in [0.29, 0.717) is 0 Å². The van der Waals surface area contributed by atoms with E-state index in [0.717, 1.165) is 31.4 Å². The van der Waals surface area contributed by atoms with Crippen molar-refractivity contribution in [1.82, 2.24) is 10.2 Å². The fraction of sp³-hybridized carbons (Fsp3) is 0.733. The second-order valence-corrected chi connectivity index (χ2v) is 5.24. The Morgan fingerprint density at radius 3 is 2.89 bits per heavy atom. The zero-order valence-corrected chi connectivity index (χ0v) is 11.5. The molecule has 0 aliphatic heterocycles. The van der Waals surface area contributed by atoms with E-state index in [4.69, 9.17) is 4.42 Å². The van der Waals surface area contributed by atoms with Crippen molar-refractivity contribution in [2.45, 2.75) is 51.6 Å². The van der Waals surface area contributed by atoms with Gasteiger partial charge in [-0.15, -0.1) is 0 Å². The number of furan rings is 1. The normalized spacial score (nSPS) is 15.4. The highest BCUT2D eigenvalue weighted by Crippen LogP contribution is 2.28. The molecule has 3 nitrogen and oxygen atoms in total. The lowest BCUT2D eigenvalue weighted by atomic mass is 10.2. The summed E-state index contributed by atoms with van der Waals surface area (Å²) in [5.41, 5.74) is 0. The first-order chi connectivity index (χ1) is 8.90. The van der Waals surface area contributed by atoms with Gasteiger partial charge in [0.05, 0.1) is 12.8 Å². The van der Waals surface area contributed by atoms with Crippen molar-refractivity contribution in [3.05, 3.63) is 24.2 Å². The van der Waals surface area contributed by atoms with Crippen LogP contribution in [0.4, 0.5) is 0 Å². The van der Waals surface area contributed by atoms with Gasteiger partial charge in [-0.2, -0.15) is 0 Å². The van der Waals surface area contributed by atoms with Crippen LogP contribution in [0.25, 0.3) is 0 Å². The highest BCUT2D eigenvalue weighted by Gasteiger charge is 2.28. The summed E-state index contributed by atoms with van der Waals surface area (Å²) in [7, 11) is 0. The lowest BCUT2D eigenvalue weighted by Gasteiger charge is -2.20. The molecule has 1 saturated carbocycles. The maximum atomic E-state index is 5.45. The van der Waals surface area contributed by atoms with Gasteiger partial charge in [-0.1, -0.05) is 6.92 Å². The van der Waals surface area contributed by atoms with Gasteiger partial charge in [-0.05, 0) is 63.9 Å². The summed E-state index contributed by atoms with van der Waals surface area (Å²) in [4.78, 5) is 2.58. The molecule has 1 aliphatic carbocycles. The second-order valence-electron chi connectivity index (χ2n) is 5.24. The van der Waals surface area contributed by atoms with Crippen LogP contribution in [0.15, 0.2) is 22.8 Å². The zero-order valence-electron chi connectivity index (χ0n) is 11.5. The summed E-state index contributed by atoms with van der Waals surface area (Å²) in [6.45, 7) is 6.72. The summed E-state index contributed by atoms with van der Waals surface area (Å²) >= 11 is 0. The summed E-state index contributed by atoms with van der Waals surface area (Å²) in [6.07, 6.45) is 8.31. The molecular formula is C15H26N2O. The van der Waals surface area contributed by atoms with Gasteiger partial charge in [0.1, 0.15) is 5.76 Å². The van der Waals surface area contributed by atoms with Gasteiger partial charge in [0.25, 0.3) is 0 Å². The first-order valence-electron chi connectivity index (χ1n) is 7.37. The summed E-state index contributed by atoms with van der Waals surface area (Å²) in [5, 5.41) is 3.46. The largest absolute Gasteiger partial charge is 0.468 e. The number of rotatable bonds is 10. The molecule has 3 heteroatoms. The molecule has 1 aromatic rings. The van der Waals surface area contributed by atoms with Gasteiger partial charge in [0, 0.05) is 6.04 Å². The van der Waals surface area contributed by atoms with Crippen molar-refractivity contribution in [1.29, 1.82) is 0 Å². The monoisotopic (exact) mass is 250 g/mol. The molecule has 0 unspecified atom stereocenters. The maximum Gasteiger partial charge on any atom is 0.117 e. The third kappa shape index (κ3) is 4.83. The summed E-state index contributed by atoms with van der Waals surface area (Å²) in [5.74, 6) is 1.10. The van der Waals surface area contributed by atoms with Crippen LogP contribution >= 0.6 is 0 Å². The van der Waals surface area contributed by atoms with Crippen molar-refractivity contribution in [3.63, 3.8) is 0 Å². The molecule has 2 rings (SSSR count). The van der Waals surface area contributed by atoms with E-state index in [1.807, 2.05) is 6.07 Å². The molecule has 1 aliphatic rings. The average molecular weight is 250 g/mol. The van der Waals surface area contributed by atoms with E-state index in [2.05, 4.69) is 23.2 Å². The number of hydrogen-bond acceptors (Lipinski definition) is 3. The quantitative estimate of drug-likeness (QED) is 0.647. The zero-order chi connectivity index (χ0) is 12.6. The highest BCUT2D eigenvalue weighted by molar-refractivity contribution is 4.99. The number of hydrogen-bond donors (Lipinski definition) is 1. The van der Waals surface area contributed by atoms with E-state index in [1.165, 1.54) is 38.6 Å². The first kappa shape index (κ1) is 13.6. The van der Waals surface area contributed by atoms with E-state index in [9.17, 15) is 0 Å². The molecule has 1 fully saturated rings. The Balaban J connectivity index is 1.61. The SMILES string of the molecule is CCCNCCCCN(Cc1ccco1)C1CC1. The molecule has 18 heavy (non-hydrogen) atoms. The van der Waals surface area contributed by atoms with Crippen LogP contribution < -0.4 is 5.32 Å². The standard InChI is InChI=1S/C15H26N2O/c1-2-9-16-10-3-4-11-17(14-7-8-14)13-15-6-5-12-18-15/h5-6,12,14,16H,2-4,7-11,13H2,1H3. The molecule has 102 valence electrons. The molecule has 1 heterocycles. The highest BCUT2D eigenvalue weighted by atomic mass is 16.3. The minimum Gasteiger partial charge on any atom is -0.468 e. The third-order valence-electron chi connectivity index (χ3n) is 3.48. The van der Waals surface area contributed by atoms with Gasteiger partial charge < -0.3 is 9.73 Å². The van der Waals surface area contributed by atoms with Gasteiger partial charge in [0.2, 0.25) is 0 Å². The number of nitrogens with one attached hydrogen (secondary N) is 1. The molecular weight excluding hydrogens is 224 g/mol. The lowest BCUT2D eigenvalue weighted by Crippen LogP contribution is -2.27. The van der Waals surface area contributed by atoms with Gasteiger partial charge in [-0.3, -0.25) is 4.90 Å². The molecule has 1 aromatic heterocycles. The Morgan fingerprint density at radius 2 is 2.22 bits per heavy atom. The molecule has 0 aromatic carbocycles. The van der Waals surface area contributed by atoms with E-state index < -0.39 is 0 Å². The Morgan fingerprint density at radius 1 is 1.33 bits per heavy atom. The fourth-order valence-electron chi connectivity index (χ4n) is 2.30. The topological polar surface area (TPSA) is 28.4 Å². The van der Waals surface area contributed by atoms with E-state index >= 15 is 0 Å². The molecule has 0 atom stereocenters. The van der Waals surface area contributed by atoms with Crippen LogP contribution in [0.3, 0.4) is 0 Å². The predicted molar refractivity (Wildman–Crippen MR) is 74.5 cm³/mol. The molecule has 0 radical (unpaired) electrons. The minimum absolute atomic E-state index is 0.818. The van der Waals surface area contributed by atoms with Crippen LogP contribution in [0.5, 0.6) is 0 Å². The van der Waals surface area contributed by atoms with Crippen molar-refractivity contribution in [2.24, 2.45) is 0 Å². The third-order valence-corrected chi connectivity index (χ3v) is 3.48. The predicted octanol–water partition coefficient (Wildman–Crippen LogP) is 3.02. The van der Waals surface area contributed by atoms with Crippen molar-refractivity contribution in [2.75, 3.05) is 19.6 Å². The van der Waals surface area contributed by atoms with Crippen molar-refractivity contribution >= 4 is 0 Å². The molecule has 0 amide bonds. The van der Waals surface area contributed by atoms with Crippen molar-refractivity contribution in [3.8, 4) is 0 Å². The minimum atomic E-state index is 0.818. The van der Waals surface area contributed by atoms with E-state index in [1.54, 1.807) is 6.26 Å². The van der Waals surface area contributed by atoms with Crippen LogP contribution in [-0.4, -0.2) is 30.6 Å². The molecule has 0 saturated heterocycles. The number of nitrogens with zero attached hydrogens (tertiary/aromatic N) is 1. The number of unbranched alkanes of at least 4 members (excludes halogenated alkanes) is 1. The second kappa shape index (κ2) is 7.59. The average Bonchev–Trinajstić information content (AvgIpc) is 3.10. The smallest absolute Gasteiger partial charge is 0.117 e. The Bertz CT molecular complexity index is 306. The maximum absolute atomic E-state index is 5.45. The molecule has 0 spiro atoms. The van der Waals surface area contributed by atoms with Crippen molar-refractivity contribution < 1.29 is 4.42 Å². The van der Waals surface area contributed by atoms with E-state index in [-0.39, 0.29) is 0 Å². The van der Waals surface area contributed by atoms with Crippen LogP contribution in [0.2, 0.25) is 0 Å². The lowest BCUT2D eigenvalue weighted by molar-refractivity contribution is 0.229. The van der Waals surface area contributed by atoms with Gasteiger partial charge >= 0.3 is 0 Å². The van der Waals surface area contributed by atoms with Crippen LogP contribution in [-0.2, 0) is 6.54 Å². The Kier molecular flexibility index (Phi) is 5.75. The van der Waals surface area contributed by atoms with Gasteiger partial charge in [0.15, 0.2) is 0 Å². The first-order valence-corrected chi connectivity index (χ1v) is 7.37. The van der Waals surface area contributed by atoms with Crippen LogP contribution in [0.1, 0.15) is 44.8 Å². The summed E-state index contributed by atoms with van der Waals surface area (Å²) < 4.78 is 5.45. The molecule has 0 bridgehead atoms. The van der Waals surface area contributed by atoms with Gasteiger partial charge in [-0.25, -0.2) is 0 Å². The Hall–Kier alpha value is -0.800.